The summed E-state index contributed by atoms with van der Waals surface area (Å²) in [5.41, 5.74) is 1.84. The van der Waals surface area contributed by atoms with Crippen molar-refractivity contribution in [1.82, 2.24) is 19.9 Å². The number of aromatic nitrogens is 3. The lowest BCUT2D eigenvalue weighted by Gasteiger charge is -2.38. The Hall–Kier alpha value is -2.21. The topological polar surface area (TPSA) is 62.7 Å². The SMILES string of the molecule is CC[C@@H](C)[C@@H](NC(=O)CC1(n2cccc2)CCSCC1)c1nc2ccccc2[nH]1. The number of thioether (sulfide) groups is 1. The molecule has 0 aliphatic carbocycles. The number of fused-ring (bicyclic) bond motifs is 1. The Balaban J connectivity index is 1.56. The van der Waals surface area contributed by atoms with Gasteiger partial charge in [-0.05, 0) is 54.5 Å². The maximum absolute atomic E-state index is 13.3. The van der Waals surface area contributed by atoms with Gasteiger partial charge in [-0.1, -0.05) is 32.4 Å². The summed E-state index contributed by atoms with van der Waals surface area (Å²) in [6, 6.07) is 12.0. The van der Waals surface area contributed by atoms with Gasteiger partial charge in [-0.25, -0.2) is 4.98 Å². The number of hydrogen-bond acceptors (Lipinski definition) is 3. The minimum absolute atomic E-state index is 0.108. The number of rotatable bonds is 7. The van der Waals surface area contributed by atoms with Crippen molar-refractivity contribution >= 4 is 28.7 Å². The van der Waals surface area contributed by atoms with E-state index in [4.69, 9.17) is 4.98 Å². The van der Waals surface area contributed by atoms with Gasteiger partial charge in [-0.3, -0.25) is 4.79 Å². The molecule has 0 unspecified atom stereocenters. The number of nitrogens with one attached hydrogen (secondary N) is 2. The van der Waals surface area contributed by atoms with E-state index in [1.165, 1.54) is 0 Å². The maximum atomic E-state index is 13.3. The average Bonchev–Trinajstić information content (AvgIpc) is 3.42. The molecule has 1 saturated heterocycles. The summed E-state index contributed by atoms with van der Waals surface area (Å²) in [5.74, 6) is 3.46. The third-order valence-electron chi connectivity index (χ3n) is 6.30. The minimum atomic E-state index is -0.118. The van der Waals surface area contributed by atoms with Crippen LogP contribution in [0.5, 0.6) is 0 Å². The summed E-state index contributed by atoms with van der Waals surface area (Å²) in [6.07, 6.45) is 7.75. The number of carbonyl (C=O) groups is 1. The van der Waals surface area contributed by atoms with Crippen LogP contribution in [0.4, 0.5) is 0 Å². The molecule has 2 N–H and O–H groups in total. The number of nitrogens with zero attached hydrogens (tertiary/aromatic N) is 2. The van der Waals surface area contributed by atoms with Gasteiger partial charge in [0.1, 0.15) is 5.82 Å². The molecule has 5 nitrogen and oxygen atoms in total. The zero-order chi connectivity index (χ0) is 20.3. The molecule has 1 aliphatic heterocycles. The highest BCUT2D eigenvalue weighted by atomic mass is 32.2. The van der Waals surface area contributed by atoms with Gasteiger partial charge in [0.25, 0.3) is 0 Å². The first-order valence-electron chi connectivity index (χ1n) is 10.6. The number of benzene rings is 1. The average molecular weight is 411 g/mol. The van der Waals surface area contributed by atoms with Gasteiger partial charge in [-0.15, -0.1) is 0 Å². The van der Waals surface area contributed by atoms with Crippen LogP contribution in [0, 0.1) is 5.92 Å². The third-order valence-corrected chi connectivity index (χ3v) is 7.28. The van der Waals surface area contributed by atoms with Gasteiger partial charge in [0.05, 0.1) is 29.0 Å². The van der Waals surface area contributed by atoms with Crippen LogP contribution in [0.3, 0.4) is 0 Å². The van der Waals surface area contributed by atoms with Crippen molar-refractivity contribution in [2.75, 3.05) is 11.5 Å². The fourth-order valence-corrected chi connectivity index (χ4v) is 5.54. The molecular weight excluding hydrogens is 380 g/mol. The highest BCUT2D eigenvalue weighted by molar-refractivity contribution is 7.99. The largest absolute Gasteiger partial charge is 0.348 e. The standard InChI is InChI=1S/C23H30N4OS/c1-3-17(2)21(22-24-18-8-4-5-9-19(18)25-22)26-20(28)16-23(10-14-29-15-11-23)27-12-6-7-13-27/h4-9,12-13,17,21H,3,10-11,14-16H2,1-2H3,(H,24,25)(H,26,28)/t17-,21-/m1/s1. The van der Waals surface area contributed by atoms with Crippen LogP contribution in [0.15, 0.2) is 48.8 Å². The Morgan fingerprint density at radius 3 is 2.66 bits per heavy atom. The quantitative estimate of drug-likeness (QED) is 0.583. The molecule has 4 rings (SSSR count). The molecule has 1 aliphatic rings. The van der Waals surface area contributed by atoms with E-state index in [2.05, 4.69) is 53.2 Å². The molecule has 0 radical (unpaired) electrons. The van der Waals surface area contributed by atoms with Crippen molar-refractivity contribution in [3.05, 3.63) is 54.6 Å². The van der Waals surface area contributed by atoms with E-state index in [9.17, 15) is 4.79 Å². The second kappa shape index (κ2) is 8.66. The normalized spacial score (nSPS) is 18.4. The predicted molar refractivity (Wildman–Crippen MR) is 120 cm³/mol. The van der Waals surface area contributed by atoms with Gasteiger partial charge in [0, 0.05) is 12.4 Å². The van der Waals surface area contributed by atoms with Crippen molar-refractivity contribution in [2.24, 2.45) is 5.92 Å². The Morgan fingerprint density at radius 2 is 1.97 bits per heavy atom. The predicted octanol–water partition coefficient (Wildman–Crippen LogP) is 4.88. The summed E-state index contributed by atoms with van der Waals surface area (Å²) < 4.78 is 2.26. The van der Waals surface area contributed by atoms with E-state index >= 15 is 0 Å². The van der Waals surface area contributed by atoms with Gasteiger partial charge in [0.2, 0.25) is 5.91 Å². The van der Waals surface area contributed by atoms with Crippen LogP contribution in [-0.2, 0) is 10.3 Å². The molecule has 3 aromatic rings. The van der Waals surface area contributed by atoms with Crippen LogP contribution in [0.2, 0.25) is 0 Å². The molecule has 0 bridgehead atoms. The number of imidazole rings is 1. The van der Waals surface area contributed by atoms with E-state index in [0.29, 0.717) is 12.3 Å². The molecule has 1 fully saturated rings. The summed E-state index contributed by atoms with van der Waals surface area (Å²) in [4.78, 5) is 21.5. The molecule has 1 aromatic carbocycles. The van der Waals surface area contributed by atoms with Crippen LogP contribution >= 0.6 is 11.8 Å². The van der Waals surface area contributed by atoms with Gasteiger partial charge >= 0.3 is 0 Å². The molecule has 154 valence electrons. The van der Waals surface area contributed by atoms with Gasteiger partial charge in [-0.2, -0.15) is 11.8 Å². The highest BCUT2D eigenvalue weighted by Gasteiger charge is 2.37. The van der Waals surface area contributed by atoms with Crippen LogP contribution in [0.25, 0.3) is 11.0 Å². The number of amides is 1. The fraction of sp³-hybridized carbons (Fsp3) is 0.478. The number of carbonyl (C=O) groups excluding carboxylic acids is 1. The van der Waals surface area contributed by atoms with E-state index in [-0.39, 0.29) is 17.5 Å². The molecule has 2 atom stereocenters. The lowest BCUT2D eigenvalue weighted by Crippen LogP contribution is -2.43. The van der Waals surface area contributed by atoms with Gasteiger partial charge in [0.15, 0.2) is 0 Å². The van der Waals surface area contributed by atoms with Crippen molar-refractivity contribution in [3.8, 4) is 0 Å². The number of aromatic amines is 1. The monoisotopic (exact) mass is 410 g/mol. The van der Waals surface area contributed by atoms with Crippen molar-refractivity contribution in [2.45, 2.75) is 51.1 Å². The van der Waals surface area contributed by atoms with Crippen molar-refractivity contribution < 1.29 is 4.79 Å². The van der Waals surface area contributed by atoms with Gasteiger partial charge < -0.3 is 14.9 Å². The lowest BCUT2D eigenvalue weighted by molar-refractivity contribution is -0.124. The Bertz CT molecular complexity index is 910. The molecule has 0 saturated carbocycles. The Kier molecular flexibility index (Phi) is 5.99. The number of H-pyrrole nitrogens is 1. The van der Waals surface area contributed by atoms with Crippen molar-refractivity contribution in [3.63, 3.8) is 0 Å². The molecule has 0 spiro atoms. The van der Waals surface area contributed by atoms with E-state index in [0.717, 1.165) is 47.6 Å². The van der Waals surface area contributed by atoms with Crippen LogP contribution in [0.1, 0.15) is 51.4 Å². The lowest BCUT2D eigenvalue weighted by atomic mass is 9.87. The molecular formula is C23H30N4OS. The molecule has 6 heteroatoms. The van der Waals surface area contributed by atoms with Crippen molar-refractivity contribution in [1.29, 1.82) is 0 Å². The first kappa shape index (κ1) is 20.1. The first-order chi connectivity index (χ1) is 14.1. The Labute approximate surface area is 176 Å². The molecule has 29 heavy (non-hydrogen) atoms. The van der Waals surface area contributed by atoms with E-state index < -0.39 is 0 Å². The van der Waals surface area contributed by atoms with E-state index in [1.807, 2.05) is 36.0 Å². The molecule has 2 aromatic heterocycles. The molecule has 3 heterocycles. The zero-order valence-corrected chi connectivity index (χ0v) is 18.0. The second-order valence-electron chi connectivity index (χ2n) is 8.17. The number of para-hydroxylation sites is 2. The third kappa shape index (κ3) is 4.22. The maximum Gasteiger partial charge on any atom is 0.222 e. The second-order valence-corrected chi connectivity index (χ2v) is 9.40. The highest BCUT2D eigenvalue weighted by Crippen LogP contribution is 2.37. The summed E-state index contributed by atoms with van der Waals surface area (Å²) in [5, 5.41) is 3.33. The zero-order valence-electron chi connectivity index (χ0n) is 17.2. The summed E-state index contributed by atoms with van der Waals surface area (Å²) in [7, 11) is 0. The molecule has 1 amide bonds. The Morgan fingerprint density at radius 1 is 1.24 bits per heavy atom. The minimum Gasteiger partial charge on any atom is -0.348 e. The smallest absolute Gasteiger partial charge is 0.222 e. The summed E-state index contributed by atoms with van der Waals surface area (Å²) in [6.45, 7) is 4.34. The number of hydrogen-bond donors (Lipinski definition) is 2. The summed E-state index contributed by atoms with van der Waals surface area (Å²) >= 11 is 1.98. The first-order valence-corrected chi connectivity index (χ1v) is 11.7. The fourth-order valence-electron chi connectivity index (χ4n) is 4.29. The van der Waals surface area contributed by atoms with Crippen LogP contribution in [-0.4, -0.2) is 31.9 Å². The van der Waals surface area contributed by atoms with Crippen LogP contribution < -0.4 is 5.32 Å². The van der Waals surface area contributed by atoms with E-state index in [1.54, 1.807) is 0 Å².